The molecule has 20 heavy (non-hydrogen) atoms. The molecule has 112 valence electrons. The summed E-state index contributed by atoms with van der Waals surface area (Å²) >= 11 is 0. The third-order valence-corrected chi connectivity index (χ3v) is 2.39. The number of nitrogens with zero attached hydrogens (tertiary/aromatic N) is 1. The fourth-order valence-corrected chi connectivity index (χ4v) is 1.41. The minimum absolute atomic E-state index is 0.170. The molecule has 0 aromatic carbocycles. The van der Waals surface area contributed by atoms with Crippen molar-refractivity contribution in [2.24, 2.45) is 5.92 Å². The molecule has 0 rings (SSSR count). The van der Waals surface area contributed by atoms with Gasteiger partial charge in [-0.05, 0) is 12.3 Å². The molecule has 0 aliphatic rings. The third-order valence-electron chi connectivity index (χ3n) is 2.39. The lowest BCUT2D eigenvalue weighted by Gasteiger charge is -2.15. The molecule has 0 aliphatic carbocycles. The maximum atomic E-state index is 11.6. The van der Waals surface area contributed by atoms with E-state index < -0.39 is 17.9 Å². The van der Waals surface area contributed by atoms with E-state index >= 15 is 0 Å². The number of nitriles is 1. The van der Waals surface area contributed by atoms with Crippen molar-refractivity contribution in [2.75, 3.05) is 20.3 Å². The van der Waals surface area contributed by atoms with Crippen LogP contribution in [0.1, 0.15) is 20.3 Å². The van der Waals surface area contributed by atoms with E-state index in [9.17, 15) is 9.59 Å². The zero-order valence-corrected chi connectivity index (χ0v) is 12.0. The monoisotopic (exact) mass is 283 g/mol. The van der Waals surface area contributed by atoms with Crippen molar-refractivity contribution < 1.29 is 19.4 Å². The predicted octanol–water partition coefficient (Wildman–Crippen LogP) is 0.245. The topological polar surface area (TPSA) is 111 Å². The fourth-order valence-electron chi connectivity index (χ4n) is 1.41. The molecule has 0 saturated carbocycles. The van der Waals surface area contributed by atoms with E-state index in [1.165, 1.54) is 7.11 Å². The van der Waals surface area contributed by atoms with Gasteiger partial charge in [0.25, 0.3) is 5.91 Å². The summed E-state index contributed by atoms with van der Waals surface area (Å²) in [6.07, 6.45) is 1.54. The number of carbonyl (C=O) groups is 2. The molecule has 0 aromatic rings. The Kier molecular flexibility index (Phi) is 8.79. The van der Waals surface area contributed by atoms with Crippen LogP contribution in [-0.2, 0) is 14.3 Å². The van der Waals surface area contributed by atoms with Gasteiger partial charge in [-0.1, -0.05) is 13.8 Å². The summed E-state index contributed by atoms with van der Waals surface area (Å²) < 4.78 is 4.77. The van der Waals surface area contributed by atoms with Crippen LogP contribution >= 0.6 is 0 Å². The summed E-state index contributed by atoms with van der Waals surface area (Å²) in [5.41, 5.74) is -0.170. The van der Waals surface area contributed by atoms with E-state index in [1.54, 1.807) is 6.07 Å². The smallest absolute Gasteiger partial charge is 0.326 e. The minimum Gasteiger partial charge on any atom is -0.480 e. The number of nitrogens with one attached hydrogen (secondary N) is 2. The second kappa shape index (κ2) is 9.81. The van der Waals surface area contributed by atoms with Crippen LogP contribution in [0.3, 0.4) is 0 Å². The van der Waals surface area contributed by atoms with Gasteiger partial charge in [0.15, 0.2) is 0 Å². The van der Waals surface area contributed by atoms with Gasteiger partial charge in [0.2, 0.25) is 0 Å². The number of methoxy groups -OCH3 is 1. The average molecular weight is 283 g/mol. The molecule has 7 nitrogen and oxygen atoms in total. The molecule has 0 bridgehead atoms. The number of carboxylic acids is 1. The second-order valence-corrected chi connectivity index (χ2v) is 4.61. The van der Waals surface area contributed by atoms with Gasteiger partial charge in [-0.3, -0.25) is 4.79 Å². The summed E-state index contributed by atoms with van der Waals surface area (Å²) in [4.78, 5) is 22.6. The zero-order valence-electron chi connectivity index (χ0n) is 12.0. The lowest BCUT2D eigenvalue weighted by molar-refractivity contribution is -0.139. The summed E-state index contributed by atoms with van der Waals surface area (Å²) in [7, 11) is 1.50. The summed E-state index contributed by atoms with van der Waals surface area (Å²) in [6, 6.07) is 0.901. The molecule has 0 heterocycles. The summed E-state index contributed by atoms with van der Waals surface area (Å²) in [5, 5.41) is 23.0. The molecule has 7 heteroatoms. The Labute approximate surface area is 118 Å². The van der Waals surface area contributed by atoms with Gasteiger partial charge in [-0.2, -0.15) is 5.26 Å². The van der Waals surface area contributed by atoms with Crippen LogP contribution in [0.15, 0.2) is 11.8 Å². The highest BCUT2D eigenvalue weighted by molar-refractivity contribution is 5.97. The maximum absolute atomic E-state index is 11.6. The van der Waals surface area contributed by atoms with Crippen molar-refractivity contribution in [1.82, 2.24) is 10.6 Å². The van der Waals surface area contributed by atoms with Crippen molar-refractivity contribution in [3.63, 3.8) is 0 Å². The number of amides is 1. The first kappa shape index (κ1) is 17.9. The first-order valence-corrected chi connectivity index (χ1v) is 6.28. The van der Waals surface area contributed by atoms with Crippen LogP contribution in [0, 0.1) is 17.2 Å². The molecular weight excluding hydrogens is 262 g/mol. The molecule has 3 N–H and O–H groups in total. The Morgan fingerprint density at radius 3 is 2.55 bits per heavy atom. The van der Waals surface area contributed by atoms with Crippen molar-refractivity contribution in [3.05, 3.63) is 11.8 Å². The van der Waals surface area contributed by atoms with E-state index in [0.717, 1.165) is 6.20 Å². The second-order valence-electron chi connectivity index (χ2n) is 4.61. The lowest BCUT2D eigenvalue weighted by atomic mass is 10.0. The van der Waals surface area contributed by atoms with Gasteiger partial charge < -0.3 is 20.5 Å². The van der Waals surface area contributed by atoms with Crippen LogP contribution in [0.2, 0.25) is 0 Å². The molecule has 0 fully saturated rings. The van der Waals surface area contributed by atoms with Crippen molar-refractivity contribution in [3.8, 4) is 6.07 Å². The van der Waals surface area contributed by atoms with E-state index in [1.807, 2.05) is 13.8 Å². The number of hydrogen-bond acceptors (Lipinski definition) is 5. The van der Waals surface area contributed by atoms with E-state index in [0.29, 0.717) is 13.0 Å². The van der Waals surface area contributed by atoms with Gasteiger partial charge in [-0.25, -0.2) is 4.79 Å². The first-order chi connectivity index (χ1) is 9.42. The Balaban J connectivity index is 4.59. The number of ether oxygens (including phenoxy) is 1. The van der Waals surface area contributed by atoms with Crippen molar-refractivity contribution >= 4 is 11.9 Å². The molecule has 0 radical (unpaired) electrons. The molecular formula is C13H21N3O4. The Hall–Kier alpha value is -2.07. The number of carboxylic acid groups (broad SMARTS) is 1. The third kappa shape index (κ3) is 7.38. The molecule has 0 saturated heterocycles. The quantitative estimate of drug-likeness (QED) is 0.317. The maximum Gasteiger partial charge on any atom is 0.326 e. The highest BCUT2D eigenvalue weighted by Gasteiger charge is 2.18. The summed E-state index contributed by atoms with van der Waals surface area (Å²) in [5.74, 6) is -1.41. The van der Waals surface area contributed by atoms with Gasteiger partial charge in [0.05, 0.1) is 6.61 Å². The standard InChI is InChI=1S/C13H21N3O4/c1-9(2)6-11(13(18)19)16-8-10(7-14)12(17)15-4-5-20-3/h8-9,11,16H,4-6H2,1-3H3,(H,15,17)(H,18,19)/b10-8-. The van der Waals surface area contributed by atoms with E-state index in [2.05, 4.69) is 10.6 Å². The Bertz CT molecular complexity index is 399. The van der Waals surface area contributed by atoms with Crippen LogP contribution in [0.4, 0.5) is 0 Å². The average Bonchev–Trinajstić information content (AvgIpc) is 2.37. The van der Waals surface area contributed by atoms with E-state index in [-0.39, 0.29) is 18.0 Å². The normalized spacial score (nSPS) is 12.7. The molecule has 1 unspecified atom stereocenters. The molecule has 0 aliphatic heterocycles. The van der Waals surface area contributed by atoms with Gasteiger partial charge >= 0.3 is 5.97 Å². The highest BCUT2D eigenvalue weighted by Crippen LogP contribution is 2.05. The molecule has 1 atom stereocenters. The van der Waals surface area contributed by atoms with Crippen LogP contribution < -0.4 is 10.6 Å². The van der Waals surface area contributed by atoms with Crippen LogP contribution in [0.25, 0.3) is 0 Å². The van der Waals surface area contributed by atoms with Crippen molar-refractivity contribution in [1.29, 1.82) is 5.26 Å². The van der Waals surface area contributed by atoms with Crippen LogP contribution in [-0.4, -0.2) is 43.3 Å². The van der Waals surface area contributed by atoms with E-state index in [4.69, 9.17) is 15.1 Å². The van der Waals surface area contributed by atoms with Crippen LogP contribution in [0.5, 0.6) is 0 Å². The zero-order chi connectivity index (χ0) is 15.5. The molecule has 1 amide bonds. The van der Waals surface area contributed by atoms with Crippen molar-refractivity contribution in [2.45, 2.75) is 26.3 Å². The molecule has 0 spiro atoms. The number of hydrogen-bond donors (Lipinski definition) is 3. The first-order valence-electron chi connectivity index (χ1n) is 6.28. The number of aliphatic carboxylic acids is 1. The van der Waals surface area contributed by atoms with Gasteiger partial charge in [0, 0.05) is 19.9 Å². The lowest BCUT2D eigenvalue weighted by Crippen LogP contribution is -2.36. The number of rotatable bonds is 9. The van der Waals surface area contributed by atoms with Gasteiger partial charge in [0.1, 0.15) is 17.7 Å². The summed E-state index contributed by atoms with van der Waals surface area (Å²) in [6.45, 7) is 4.40. The highest BCUT2D eigenvalue weighted by atomic mass is 16.5. The van der Waals surface area contributed by atoms with Gasteiger partial charge in [-0.15, -0.1) is 0 Å². The largest absolute Gasteiger partial charge is 0.480 e. The molecule has 0 aromatic heterocycles. The Morgan fingerprint density at radius 2 is 2.10 bits per heavy atom. The fraction of sp³-hybridized carbons (Fsp3) is 0.615. The number of carbonyl (C=O) groups excluding carboxylic acids is 1. The SMILES string of the molecule is COCCNC(=O)/C(C#N)=C\NC(CC(C)C)C(=O)O. The minimum atomic E-state index is -1.02. The Morgan fingerprint density at radius 1 is 1.45 bits per heavy atom. The predicted molar refractivity (Wildman–Crippen MR) is 72.6 cm³/mol.